The zero-order valence-electron chi connectivity index (χ0n) is 15.5. The number of ether oxygens (including phenoxy) is 2. The van der Waals surface area contributed by atoms with E-state index >= 15 is 0 Å². The molecule has 5 nitrogen and oxygen atoms in total. The highest BCUT2D eigenvalue weighted by molar-refractivity contribution is 5.74. The SMILES string of the molecule is CC(=O)N1C[C@H]2CN(Cc3cccc4c3OCO4)C[C@H]2[C@H]1c1ccccc1. The summed E-state index contributed by atoms with van der Waals surface area (Å²) in [6.45, 7) is 5.73. The van der Waals surface area contributed by atoms with Crippen molar-refractivity contribution >= 4 is 5.91 Å². The van der Waals surface area contributed by atoms with Gasteiger partial charge < -0.3 is 14.4 Å². The van der Waals surface area contributed by atoms with Crippen LogP contribution in [0.25, 0.3) is 0 Å². The molecule has 2 saturated heterocycles. The standard InChI is InChI=1S/C22H24N2O3/c1-15(25)24-12-18-11-23(10-17-8-5-9-20-22(17)27-14-26-20)13-19(18)21(24)16-6-3-2-4-7-16/h2-9,18-19,21H,10-14H2,1H3/t18-,19-,21-/m1/s1. The molecule has 27 heavy (non-hydrogen) atoms. The molecule has 0 aliphatic carbocycles. The smallest absolute Gasteiger partial charge is 0.231 e. The van der Waals surface area contributed by atoms with E-state index in [-0.39, 0.29) is 11.9 Å². The van der Waals surface area contributed by atoms with Crippen molar-refractivity contribution in [2.24, 2.45) is 11.8 Å². The molecule has 5 rings (SSSR count). The molecule has 1 amide bonds. The van der Waals surface area contributed by atoms with Gasteiger partial charge >= 0.3 is 0 Å². The summed E-state index contributed by atoms with van der Waals surface area (Å²) in [5, 5.41) is 0. The van der Waals surface area contributed by atoms with Crippen molar-refractivity contribution in [2.75, 3.05) is 26.4 Å². The van der Waals surface area contributed by atoms with Crippen LogP contribution in [0.4, 0.5) is 0 Å². The van der Waals surface area contributed by atoms with E-state index in [2.05, 4.69) is 40.1 Å². The minimum Gasteiger partial charge on any atom is -0.454 e. The molecule has 0 aromatic heterocycles. The molecule has 0 N–H and O–H groups in total. The number of carbonyl (C=O) groups excluding carboxylic acids is 1. The van der Waals surface area contributed by atoms with Crippen LogP contribution in [0.5, 0.6) is 11.5 Å². The molecule has 0 saturated carbocycles. The fraction of sp³-hybridized carbons (Fsp3) is 0.409. The Balaban J connectivity index is 1.37. The summed E-state index contributed by atoms with van der Waals surface area (Å²) in [5.41, 5.74) is 2.43. The lowest BCUT2D eigenvalue weighted by Crippen LogP contribution is -2.34. The third kappa shape index (κ3) is 2.86. The Kier molecular flexibility index (Phi) is 4.05. The highest BCUT2D eigenvalue weighted by Gasteiger charge is 2.48. The van der Waals surface area contributed by atoms with Gasteiger partial charge in [-0.1, -0.05) is 42.5 Å². The lowest BCUT2D eigenvalue weighted by Gasteiger charge is -2.29. The summed E-state index contributed by atoms with van der Waals surface area (Å²) in [6, 6.07) is 16.8. The van der Waals surface area contributed by atoms with Crippen LogP contribution in [-0.2, 0) is 11.3 Å². The number of likely N-dealkylation sites (tertiary alicyclic amines) is 2. The second kappa shape index (κ2) is 6.57. The number of fused-ring (bicyclic) bond motifs is 2. The van der Waals surface area contributed by atoms with Crippen LogP contribution < -0.4 is 9.47 Å². The van der Waals surface area contributed by atoms with E-state index in [1.807, 2.05) is 18.2 Å². The van der Waals surface area contributed by atoms with Crippen molar-refractivity contribution in [1.29, 1.82) is 0 Å². The predicted molar refractivity (Wildman–Crippen MR) is 101 cm³/mol. The predicted octanol–water partition coefficient (Wildman–Crippen LogP) is 3.07. The van der Waals surface area contributed by atoms with Gasteiger partial charge in [0, 0.05) is 44.6 Å². The Morgan fingerprint density at radius 1 is 1.04 bits per heavy atom. The van der Waals surface area contributed by atoms with E-state index in [1.54, 1.807) is 6.92 Å². The topological polar surface area (TPSA) is 42.0 Å². The Bertz CT molecular complexity index is 854. The molecule has 3 aliphatic heterocycles. The quantitative estimate of drug-likeness (QED) is 0.839. The maximum Gasteiger partial charge on any atom is 0.231 e. The first-order chi connectivity index (χ1) is 13.2. The van der Waals surface area contributed by atoms with E-state index in [4.69, 9.17) is 9.47 Å². The van der Waals surface area contributed by atoms with E-state index in [0.29, 0.717) is 18.6 Å². The van der Waals surface area contributed by atoms with Crippen LogP contribution in [0.3, 0.4) is 0 Å². The molecule has 3 heterocycles. The van der Waals surface area contributed by atoms with Gasteiger partial charge in [0.15, 0.2) is 11.5 Å². The third-order valence-corrected chi connectivity index (χ3v) is 6.16. The number of para-hydroxylation sites is 1. The maximum absolute atomic E-state index is 12.2. The molecule has 0 spiro atoms. The normalized spacial score (nSPS) is 26.4. The summed E-state index contributed by atoms with van der Waals surface area (Å²) >= 11 is 0. The van der Waals surface area contributed by atoms with Gasteiger partial charge in [0.25, 0.3) is 0 Å². The van der Waals surface area contributed by atoms with E-state index in [9.17, 15) is 4.79 Å². The average Bonchev–Trinajstić information content (AvgIpc) is 3.36. The molecule has 3 aliphatic rings. The van der Waals surface area contributed by atoms with E-state index in [1.165, 1.54) is 11.1 Å². The summed E-state index contributed by atoms with van der Waals surface area (Å²) in [4.78, 5) is 16.8. The lowest BCUT2D eigenvalue weighted by molar-refractivity contribution is -0.130. The second-order valence-corrected chi connectivity index (χ2v) is 7.80. The maximum atomic E-state index is 12.2. The van der Waals surface area contributed by atoms with Crippen LogP contribution in [0.2, 0.25) is 0 Å². The highest BCUT2D eigenvalue weighted by Crippen LogP contribution is 2.46. The van der Waals surface area contributed by atoms with Gasteiger partial charge in [-0.15, -0.1) is 0 Å². The summed E-state index contributed by atoms with van der Waals surface area (Å²) < 4.78 is 11.2. The van der Waals surface area contributed by atoms with Crippen LogP contribution >= 0.6 is 0 Å². The third-order valence-electron chi connectivity index (χ3n) is 6.16. The number of hydrogen-bond donors (Lipinski definition) is 0. The molecule has 5 heteroatoms. The first-order valence-electron chi connectivity index (χ1n) is 9.62. The van der Waals surface area contributed by atoms with Crippen LogP contribution in [0.1, 0.15) is 24.1 Å². The second-order valence-electron chi connectivity index (χ2n) is 7.80. The van der Waals surface area contributed by atoms with Gasteiger partial charge in [0.05, 0.1) is 6.04 Å². The minimum atomic E-state index is 0.177. The largest absolute Gasteiger partial charge is 0.454 e. The number of rotatable bonds is 3. The van der Waals surface area contributed by atoms with Gasteiger partial charge in [0.2, 0.25) is 12.7 Å². The van der Waals surface area contributed by atoms with E-state index in [0.717, 1.165) is 37.7 Å². The zero-order valence-corrected chi connectivity index (χ0v) is 15.5. The summed E-state index contributed by atoms with van der Waals surface area (Å²) in [6.07, 6.45) is 0. The number of benzene rings is 2. The molecular formula is C22H24N2O3. The molecule has 2 fully saturated rings. The summed E-state index contributed by atoms with van der Waals surface area (Å²) in [5.74, 6) is 2.91. The summed E-state index contributed by atoms with van der Waals surface area (Å²) in [7, 11) is 0. The number of hydrogen-bond acceptors (Lipinski definition) is 4. The minimum absolute atomic E-state index is 0.177. The fourth-order valence-corrected chi connectivity index (χ4v) is 5.02. The van der Waals surface area contributed by atoms with Gasteiger partial charge in [-0.3, -0.25) is 9.69 Å². The Morgan fingerprint density at radius 3 is 2.70 bits per heavy atom. The van der Waals surface area contributed by atoms with Crippen molar-refractivity contribution < 1.29 is 14.3 Å². The molecule has 2 aromatic carbocycles. The lowest BCUT2D eigenvalue weighted by atomic mass is 9.89. The van der Waals surface area contributed by atoms with Gasteiger partial charge in [-0.05, 0) is 17.5 Å². The van der Waals surface area contributed by atoms with Crippen LogP contribution in [0, 0.1) is 11.8 Å². The Morgan fingerprint density at radius 2 is 1.89 bits per heavy atom. The average molecular weight is 364 g/mol. The van der Waals surface area contributed by atoms with Crippen LogP contribution in [-0.4, -0.2) is 42.1 Å². The zero-order chi connectivity index (χ0) is 18.4. The van der Waals surface area contributed by atoms with Gasteiger partial charge in [-0.25, -0.2) is 0 Å². The van der Waals surface area contributed by atoms with Crippen LogP contribution in [0.15, 0.2) is 48.5 Å². The fourth-order valence-electron chi connectivity index (χ4n) is 5.02. The molecule has 0 radical (unpaired) electrons. The Hall–Kier alpha value is -2.53. The number of carbonyl (C=O) groups is 1. The van der Waals surface area contributed by atoms with Crippen molar-refractivity contribution in [3.05, 3.63) is 59.7 Å². The first kappa shape index (κ1) is 16.6. The van der Waals surface area contributed by atoms with Gasteiger partial charge in [0.1, 0.15) is 0 Å². The van der Waals surface area contributed by atoms with Gasteiger partial charge in [-0.2, -0.15) is 0 Å². The molecule has 3 atom stereocenters. The first-order valence-corrected chi connectivity index (χ1v) is 9.62. The highest BCUT2D eigenvalue weighted by atomic mass is 16.7. The van der Waals surface area contributed by atoms with Crippen molar-refractivity contribution in [3.63, 3.8) is 0 Å². The molecule has 0 bridgehead atoms. The molecule has 0 unspecified atom stereocenters. The molecule has 2 aromatic rings. The Labute approximate surface area is 159 Å². The van der Waals surface area contributed by atoms with Crippen molar-refractivity contribution in [1.82, 2.24) is 9.80 Å². The monoisotopic (exact) mass is 364 g/mol. The van der Waals surface area contributed by atoms with Crippen molar-refractivity contribution in [3.8, 4) is 11.5 Å². The number of nitrogens with zero attached hydrogens (tertiary/aromatic N) is 2. The van der Waals surface area contributed by atoms with Crippen molar-refractivity contribution in [2.45, 2.75) is 19.5 Å². The number of amides is 1. The molecule has 140 valence electrons. The molecular weight excluding hydrogens is 340 g/mol. The van der Waals surface area contributed by atoms with E-state index < -0.39 is 0 Å².